The first-order chi connectivity index (χ1) is 12.0. The van der Waals surface area contributed by atoms with E-state index in [0.29, 0.717) is 0 Å². The molecule has 7 heteroatoms. The fraction of sp³-hybridized carbons (Fsp3) is 0.333. The predicted molar refractivity (Wildman–Crippen MR) is 96.6 cm³/mol. The summed E-state index contributed by atoms with van der Waals surface area (Å²) in [6, 6.07) is 13.3. The van der Waals surface area contributed by atoms with Gasteiger partial charge in [-0.05, 0) is 49.7 Å². The monoisotopic (exact) mass is 382 g/mol. The molecule has 0 radical (unpaired) electrons. The van der Waals surface area contributed by atoms with Gasteiger partial charge in [-0.25, -0.2) is 17.5 Å². The maximum Gasteiger partial charge on any atom is 0.243 e. The Morgan fingerprint density at radius 2 is 1.80 bits per heavy atom. The van der Waals surface area contributed by atoms with Crippen LogP contribution in [0.15, 0.2) is 53.4 Å². The summed E-state index contributed by atoms with van der Waals surface area (Å²) in [6.45, 7) is 2.04. The maximum absolute atomic E-state index is 14.0. The highest BCUT2D eigenvalue weighted by molar-refractivity contribution is 7.89. The van der Waals surface area contributed by atoms with Gasteiger partial charge in [0.2, 0.25) is 10.0 Å². The second kappa shape index (κ2) is 7.83. The Balaban J connectivity index is 1.80. The highest BCUT2D eigenvalue weighted by Crippen LogP contribution is 2.25. The van der Waals surface area contributed by atoms with Crippen molar-refractivity contribution in [2.45, 2.75) is 23.8 Å². The predicted octanol–water partition coefficient (Wildman–Crippen LogP) is 3.59. The van der Waals surface area contributed by atoms with Crippen molar-refractivity contribution in [1.82, 2.24) is 9.62 Å². The van der Waals surface area contributed by atoms with Crippen LogP contribution < -0.4 is 4.72 Å². The minimum absolute atomic E-state index is 0.0752. The molecule has 4 nitrogen and oxygen atoms in total. The van der Waals surface area contributed by atoms with E-state index in [0.717, 1.165) is 37.6 Å². The van der Waals surface area contributed by atoms with Gasteiger partial charge in [0.25, 0.3) is 0 Å². The lowest BCUT2D eigenvalue weighted by Crippen LogP contribution is -2.37. The maximum atomic E-state index is 14.0. The number of hydrogen-bond acceptors (Lipinski definition) is 3. The zero-order chi connectivity index (χ0) is 17.9. The van der Waals surface area contributed by atoms with Crippen LogP contribution in [0.2, 0.25) is 5.02 Å². The summed E-state index contributed by atoms with van der Waals surface area (Å²) < 4.78 is 41.5. The second-order valence-corrected chi connectivity index (χ2v) is 8.27. The van der Waals surface area contributed by atoms with E-state index in [9.17, 15) is 12.8 Å². The van der Waals surface area contributed by atoms with Gasteiger partial charge in [0.05, 0.1) is 0 Å². The third-order valence-corrected chi connectivity index (χ3v) is 6.11. The number of halogens is 2. The van der Waals surface area contributed by atoms with Crippen molar-refractivity contribution < 1.29 is 12.8 Å². The lowest BCUT2D eigenvalue weighted by Gasteiger charge is -2.28. The topological polar surface area (TPSA) is 49.4 Å². The molecule has 2 aromatic carbocycles. The van der Waals surface area contributed by atoms with E-state index in [-0.39, 0.29) is 22.5 Å². The van der Waals surface area contributed by atoms with E-state index in [1.165, 1.54) is 12.1 Å². The smallest absolute Gasteiger partial charge is 0.243 e. The fourth-order valence-electron chi connectivity index (χ4n) is 3.15. The van der Waals surface area contributed by atoms with Crippen LogP contribution in [-0.4, -0.2) is 33.0 Å². The Morgan fingerprint density at radius 3 is 2.44 bits per heavy atom. The van der Waals surface area contributed by atoms with Crippen molar-refractivity contribution >= 4 is 21.6 Å². The Bertz CT molecular complexity index is 824. The summed E-state index contributed by atoms with van der Waals surface area (Å²) in [7, 11) is -3.95. The van der Waals surface area contributed by atoms with Crippen LogP contribution in [0.1, 0.15) is 24.4 Å². The standard InChI is InChI=1S/C18H20ClFN2O2S/c19-15-8-9-18(16(20)12-15)25(23,24)21-13-17(22-10-4-5-11-22)14-6-2-1-3-7-14/h1-3,6-9,12,17,21H,4-5,10-11,13H2. The Morgan fingerprint density at radius 1 is 1.12 bits per heavy atom. The molecular formula is C18H20ClFN2O2S. The Hall–Kier alpha value is -1.47. The number of nitrogens with zero attached hydrogens (tertiary/aromatic N) is 1. The van der Waals surface area contributed by atoms with Gasteiger partial charge >= 0.3 is 0 Å². The molecule has 134 valence electrons. The lowest BCUT2D eigenvalue weighted by atomic mass is 10.1. The molecule has 0 aromatic heterocycles. The molecule has 0 bridgehead atoms. The van der Waals surface area contributed by atoms with Gasteiger partial charge in [0.1, 0.15) is 10.7 Å². The van der Waals surface area contributed by atoms with E-state index < -0.39 is 15.8 Å². The summed E-state index contributed by atoms with van der Waals surface area (Å²) in [5.41, 5.74) is 1.05. The molecule has 1 saturated heterocycles. The first kappa shape index (κ1) is 18.3. The van der Waals surface area contributed by atoms with E-state index in [4.69, 9.17) is 11.6 Å². The number of benzene rings is 2. The molecule has 1 aliphatic heterocycles. The lowest BCUT2D eigenvalue weighted by molar-refractivity contribution is 0.246. The zero-order valence-electron chi connectivity index (χ0n) is 13.7. The molecule has 0 aliphatic carbocycles. The summed E-state index contributed by atoms with van der Waals surface area (Å²) in [4.78, 5) is 1.88. The zero-order valence-corrected chi connectivity index (χ0v) is 15.2. The molecule has 0 spiro atoms. The van der Waals surface area contributed by atoms with Crippen molar-refractivity contribution in [2.24, 2.45) is 0 Å². The molecule has 25 heavy (non-hydrogen) atoms. The summed E-state index contributed by atoms with van der Waals surface area (Å²) in [6.07, 6.45) is 2.20. The van der Waals surface area contributed by atoms with Crippen LogP contribution in [-0.2, 0) is 10.0 Å². The van der Waals surface area contributed by atoms with Gasteiger partial charge in [0, 0.05) is 17.6 Å². The normalized spacial score (nSPS) is 16.9. The Labute approximate surface area is 152 Å². The van der Waals surface area contributed by atoms with Crippen molar-refractivity contribution in [3.63, 3.8) is 0 Å². The van der Waals surface area contributed by atoms with Crippen molar-refractivity contribution in [3.05, 3.63) is 64.9 Å². The quantitative estimate of drug-likeness (QED) is 0.830. The van der Waals surface area contributed by atoms with E-state index in [1.807, 2.05) is 30.3 Å². The molecule has 1 aliphatic rings. The molecule has 3 rings (SSSR count). The average molecular weight is 383 g/mol. The summed E-state index contributed by atoms with van der Waals surface area (Å²) in [5.74, 6) is -0.850. The van der Waals surface area contributed by atoms with Crippen LogP contribution in [0.5, 0.6) is 0 Å². The molecule has 1 atom stereocenters. The van der Waals surface area contributed by atoms with Crippen molar-refractivity contribution in [2.75, 3.05) is 19.6 Å². The minimum atomic E-state index is -3.95. The number of hydrogen-bond donors (Lipinski definition) is 1. The number of rotatable bonds is 6. The molecule has 1 heterocycles. The molecule has 1 N–H and O–H groups in total. The molecule has 1 fully saturated rings. The minimum Gasteiger partial charge on any atom is -0.295 e. The summed E-state index contributed by atoms with van der Waals surface area (Å²) >= 11 is 5.70. The SMILES string of the molecule is O=S(=O)(NCC(c1ccccc1)N1CCCC1)c1ccc(Cl)cc1F. The van der Waals surface area contributed by atoms with Crippen LogP contribution in [0.3, 0.4) is 0 Å². The molecule has 0 saturated carbocycles. The van der Waals surface area contributed by atoms with Gasteiger partial charge in [-0.2, -0.15) is 0 Å². The third-order valence-electron chi connectivity index (χ3n) is 4.42. The molecule has 0 amide bonds. The first-order valence-corrected chi connectivity index (χ1v) is 10.1. The average Bonchev–Trinajstić information content (AvgIpc) is 3.10. The molecule has 2 aromatic rings. The third kappa shape index (κ3) is 4.39. The fourth-order valence-corrected chi connectivity index (χ4v) is 4.40. The summed E-state index contributed by atoms with van der Waals surface area (Å²) in [5, 5.41) is 0.163. The van der Waals surface area contributed by atoms with Gasteiger partial charge in [0.15, 0.2) is 0 Å². The second-order valence-electron chi connectivity index (χ2n) is 6.10. The van der Waals surface area contributed by atoms with E-state index in [1.54, 1.807) is 0 Å². The highest BCUT2D eigenvalue weighted by atomic mass is 35.5. The van der Waals surface area contributed by atoms with Crippen LogP contribution >= 0.6 is 11.6 Å². The number of sulfonamides is 1. The van der Waals surface area contributed by atoms with E-state index in [2.05, 4.69) is 9.62 Å². The van der Waals surface area contributed by atoms with Crippen LogP contribution in [0.25, 0.3) is 0 Å². The molecular weight excluding hydrogens is 363 g/mol. The van der Waals surface area contributed by atoms with E-state index >= 15 is 0 Å². The van der Waals surface area contributed by atoms with Gasteiger partial charge in [-0.3, -0.25) is 4.90 Å². The highest BCUT2D eigenvalue weighted by Gasteiger charge is 2.26. The van der Waals surface area contributed by atoms with Gasteiger partial charge < -0.3 is 0 Å². The van der Waals surface area contributed by atoms with Crippen molar-refractivity contribution in [1.29, 1.82) is 0 Å². The first-order valence-electron chi connectivity index (χ1n) is 8.21. The van der Waals surface area contributed by atoms with Crippen LogP contribution in [0, 0.1) is 5.82 Å². The molecule has 1 unspecified atom stereocenters. The van der Waals surface area contributed by atoms with Crippen LogP contribution in [0.4, 0.5) is 4.39 Å². The van der Waals surface area contributed by atoms with Gasteiger partial charge in [-0.15, -0.1) is 0 Å². The number of nitrogens with one attached hydrogen (secondary N) is 1. The number of likely N-dealkylation sites (tertiary alicyclic amines) is 1. The van der Waals surface area contributed by atoms with Crippen molar-refractivity contribution in [3.8, 4) is 0 Å². The largest absolute Gasteiger partial charge is 0.295 e. The Kier molecular flexibility index (Phi) is 5.74. The van der Waals surface area contributed by atoms with Gasteiger partial charge in [-0.1, -0.05) is 41.9 Å².